The predicted octanol–water partition coefficient (Wildman–Crippen LogP) is 4.38. The van der Waals surface area contributed by atoms with Crippen molar-refractivity contribution in [3.05, 3.63) is 82.9 Å². The van der Waals surface area contributed by atoms with Crippen molar-refractivity contribution in [2.45, 2.75) is 0 Å². The Morgan fingerprint density at radius 3 is 2.24 bits per heavy atom. The highest BCUT2D eigenvalue weighted by Gasteiger charge is 2.12. The Morgan fingerprint density at radius 1 is 1.00 bits per heavy atom. The molecular formula is C22H15ClN2O4. The summed E-state index contributed by atoms with van der Waals surface area (Å²) in [6.45, 7) is -0.504. The van der Waals surface area contributed by atoms with E-state index in [1.54, 1.807) is 48.5 Å². The molecule has 6 nitrogen and oxygen atoms in total. The maximum atomic E-state index is 12.2. The number of anilines is 1. The molecule has 3 aromatic carbocycles. The Kier molecular flexibility index (Phi) is 6.12. The third-order valence-electron chi connectivity index (χ3n) is 4.03. The molecule has 0 unspecified atom stereocenters. The van der Waals surface area contributed by atoms with E-state index in [2.05, 4.69) is 5.32 Å². The molecule has 0 aliphatic carbocycles. The number of esters is 1. The molecule has 0 aliphatic heterocycles. The Labute approximate surface area is 171 Å². The molecule has 0 saturated heterocycles. The summed E-state index contributed by atoms with van der Waals surface area (Å²) in [5, 5.41) is 21.3. The molecule has 144 valence electrons. The number of nitrogens with zero attached hydrogens (tertiary/aromatic N) is 1. The van der Waals surface area contributed by atoms with Crippen LogP contribution in [0.15, 0.2) is 66.7 Å². The van der Waals surface area contributed by atoms with Crippen LogP contribution in [0.3, 0.4) is 0 Å². The van der Waals surface area contributed by atoms with E-state index < -0.39 is 18.5 Å². The largest absolute Gasteiger partial charge is 0.508 e. The molecule has 2 N–H and O–H groups in total. The second-order valence-corrected chi connectivity index (χ2v) is 6.49. The summed E-state index contributed by atoms with van der Waals surface area (Å²) in [7, 11) is 0. The van der Waals surface area contributed by atoms with Crippen molar-refractivity contribution in [3.8, 4) is 22.9 Å². The molecule has 0 atom stereocenters. The average Bonchev–Trinajstić information content (AvgIpc) is 2.73. The highest BCUT2D eigenvalue weighted by Crippen LogP contribution is 2.23. The second kappa shape index (κ2) is 8.91. The summed E-state index contributed by atoms with van der Waals surface area (Å²) in [5.41, 5.74) is 2.54. The van der Waals surface area contributed by atoms with Crippen molar-refractivity contribution in [2.75, 3.05) is 11.9 Å². The van der Waals surface area contributed by atoms with Crippen LogP contribution >= 0.6 is 11.6 Å². The molecule has 0 aliphatic rings. The lowest BCUT2D eigenvalue weighted by atomic mass is 10.0. The Morgan fingerprint density at radius 2 is 1.62 bits per heavy atom. The van der Waals surface area contributed by atoms with Gasteiger partial charge in [0.15, 0.2) is 6.61 Å². The number of hydrogen-bond acceptors (Lipinski definition) is 5. The number of hydrogen-bond donors (Lipinski definition) is 2. The van der Waals surface area contributed by atoms with Crippen LogP contribution in [0, 0.1) is 11.3 Å². The summed E-state index contributed by atoms with van der Waals surface area (Å²) in [5.74, 6) is -1.06. The lowest BCUT2D eigenvalue weighted by Crippen LogP contribution is -2.21. The van der Waals surface area contributed by atoms with Crippen molar-refractivity contribution in [1.82, 2.24) is 0 Å². The van der Waals surface area contributed by atoms with E-state index in [9.17, 15) is 14.7 Å². The van der Waals surface area contributed by atoms with E-state index in [1.165, 1.54) is 18.2 Å². The van der Waals surface area contributed by atoms with Crippen LogP contribution in [-0.4, -0.2) is 23.6 Å². The zero-order chi connectivity index (χ0) is 20.8. The third kappa shape index (κ3) is 5.12. The minimum absolute atomic E-state index is 0.173. The summed E-state index contributed by atoms with van der Waals surface area (Å²) >= 11 is 5.87. The van der Waals surface area contributed by atoms with Gasteiger partial charge in [-0.05, 0) is 53.6 Å². The molecular weight excluding hydrogens is 392 g/mol. The minimum atomic E-state index is -0.649. The highest BCUT2D eigenvalue weighted by atomic mass is 35.5. The highest BCUT2D eigenvalue weighted by molar-refractivity contribution is 6.31. The normalized spacial score (nSPS) is 10.1. The Bertz CT molecular complexity index is 1090. The summed E-state index contributed by atoms with van der Waals surface area (Å²) in [6.07, 6.45) is 0. The number of benzene rings is 3. The van der Waals surface area contributed by atoms with E-state index >= 15 is 0 Å². The first kappa shape index (κ1) is 19.9. The number of ether oxygens (including phenoxy) is 1. The van der Waals surface area contributed by atoms with Crippen molar-refractivity contribution in [2.24, 2.45) is 0 Å². The quantitative estimate of drug-likeness (QED) is 0.612. The minimum Gasteiger partial charge on any atom is -0.508 e. The smallest absolute Gasteiger partial charge is 0.338 e. The molecule has 0 spiro atoms. The number of phenolic OH excluding ortho intramolecular Hbond substituents is 1. The first-order chi connectivity index (χ1) is 14.0. The molecule has 0 saturated carbocycles. The van der Waals surface area contributed by atoms with Gasteiger partial charge in [-0.15, -0.1) is 0 Å². The van der Waals surface area contributed by atoms with E-state index in [1.807, 2.05) is 6.07 Å². The number of phenols is 1. The summed E-state index contributed by atoms with van der Waals surface area (Å²) in [4.78, 5) is 24.2. The van der Waals surface area contributed by atoms with Crippen molar-refractivity contribution < 1.29 is 19.4 Å². The van der Waals surface area contributed by atoms with Gasteiger partial charge < -0.3 is 15.2 Å². The van der Waals surface area contributed by atoms with Crippen LogP contribution < -0.4 is 5.32 Å². The first-order valence-electron chi connectivity index (χ1n) is 8.52. The molecule has 0 radical (unpaired) electrons. The number of carbonyl (C=O) groups is 2. The first-order valence-corrected chi connectivity index (χ1v) is 8.90. The Hall–Kier alpha value is -3.82. The van der Waals surface area contributed by atoms with Gasteiger partial charge in [0.25, 0.3) is 5.91 Å². The number of nitrogens with one attached hydrogen (secondary N) is 1. The van der Waals surface area contributed by atoms with Crippen LogP contribution in [0.5, 0.6) is 5.75 Å². The zero-order valence-electron chi connectivity index (χ0n) is 15.1. The number of halogens is 1. The molecule has 1 amide bonds. The lowest BCUT2D eigenvalue weighted by molar-refractivity contribution is -0.119. The maximum Gasteiger partial charge on any atom is 0.338 e. The maximum absolute atomic E-state index is 12.2. The molecule has 3 rings (SSSR count). The number of nitriles is 1. The molecule has 0 heterocycles. The fourth-order valence-corrected chi connectivity index (χ4v) is 2.74. The second-order valence-electron chi connectivity index (χ2n) is 6.05. The van der Waals surface area contributed by atoms with Gasteiger partial charge in [0.2, 0.25) is 0 Å². The molecule has 29 heavy (non-hydrogen) atoms. The van der Waals surface area contributed by atoms with E-state index in [0.29, 0.717) is 10.6 Å². The summed E-state index contributed by atoms with van der Waals surface area (Å²) in [6, 6.07) is 19.8. The fraction of sp³-hybridized carbons (Fsp3) is 0.0455. The van der Waals surface area contributed by atoms with Gasteiger partial charge in [-0.2, -0.15) is 5.26 Å². The van der Waals surface area contributed by atoms with E-state index in [-0.39, 0.29) is 17.0 Å². The van der Waals surface area contributed by atoms with Gasteiger partial charge >= 0.3 is 5.97 Å². The van der Waals surface area contributed by atoms with Gasteiger partial charge in [0, 0.05) is 5.02 Å². The zero-order valence-corrected chi connectivity index (χ0v) is 15.8. The van der Waals surface area contributed by atoms with Gasteiger partial charge in [-0.25, -0.2) is 4.79 Å². The SMILES string of the molecule is N#Cc1ccc(Cl)cc1NC(=O)COC(=O)c1ccc(-c2ccc(O)cc2)cc1. The van der Waals surface area contributed by atoms with Crippen LogP contribution in [0.2, 0.25) is 5.02 Å². The number of aromatic hydroxyl groups is 1. The van der Waals surface area contributed by atoms with Gasteiger partial charge in [-0.1, -0.05) is 35.9 Å². The molecule has 0 fully saturated rings. The molecule has 0 aromatic heterocycles. The molecule has 0 bridgehead atoms. The van der Waals surface area contributed by atoms with E-state index in [0.717, 1.165) is 11.1 Å². The third-order valence-corrected chi connectivity index (χ3v) is 4.27. The Balaban J connectivity index is 1.59. The van der Waals surface area contributed by atoms with Gasteiger partial charge in [0.05, 0.1) is 16.8 Å². The topological polar surface area (TPSA) is 99.4 Å². The van der Waals surface area contributed by atoms with Gasteiger partial charge in [-0.3, -0.25) is 4.79 Å². The van der Waals surface area contributed by atoms with Crippen LogP contribution in [0.1, 0.15) is 15.9 Å². The fourth-order valence-electron chi connectivity index (χ4n) is 2.57. The number of amides is 1. The van der Waals surface area contributed by atoms with Crippen LogP contribution in [0.4, 0.5) is 5.69 Å². The van der Waals surface area contributed by atoms with Gasteiger partial charge in [0.1, 0.15) is 11.8 Å². The molecule has 7 heteroatoms. The van der Waals surface area contributed by atoms with E-state index in [4.69, 9.17) is 21.6 Å². The number of carbonyl (C=O) groups excluding carboxylic acids is 2. The average molecular weight is 407 g/mol. The lowest BCUT2D eigenvalue weighted by Gasteiger charge is -2.09. The van der Waals surface area contributed by atoms with Crippen molar-refractivity contribution in [3.63, 3.8) is 0 Å². The van der Waals surface area contributed by atoms with Crippen LogP contribution in [-0.2, 0) is 9.53 Å². The summed E-state index contributed by atoms with van der Waals surface area (Å²) < 4.78 is 5.03. The van der Waals surface area contributed by atoms with Crippen molar-refractivity contribution in [1.29, 1.82) is 5.26 Å². The standard InChI is InChI=1S/C22H15ClN2O4/c23-18-8-5-17(12-24)20(11-18)25-21(27)13-29-22(28)16-3-1-14(2-4-16)15-6-9-19(26)10-7-15/h1-11,26H,13H2,(H,25,27). The van der Waals surface area contributed by atoms with Crippen LogP contribution in [0.25, 0.3) is 11.1 Å². The number of rotatable bonds is 5. The van der Waals surface area contributed by atoms with Crippen molar-refractivity contribution >= 4 is 29.2 Å². The predicted molar refractivity (Wildman–Crippen MR) is 109 cm³/mol. The molecule has 3 aromatic rings. The monoisotopic (exact) mass is 406 g/mol.